The van der Waals surface area contributed by atoms with Gasteiger partial charge in [0.25, 0.3) is 0 Å². The Morgan fingerprint density at radius 2 is 1.67 bits per heavy atom. The van der Waals surface area contributed by atoms with Crippen molar-refractivity contribution in [3.63, 3.8) is 0 Å². The zero-order valence-electron chi connectivity index (χ0n) is 14.7. The first kappa shape index (κ1) is 18.9. The van der Waals surface area contributed by atoms with E-state index in [-0.39, 0.29) is 18.7 Å². The zero-order chi connectivity index (χ0) is 19.2. The molecule has 138 valence electrons. The van der Waals surface area contributed by atoms with E-state index in [9.17, 15) is 14.7 Å². The predicted octanol–water partition coefficient (Wildman–Crippen LogP) is 4.24. The van der Waals surface area contributed by atoms with Crippen molar-refractivity contribution >= 4 is 34.2 Å². The summed E-state index contributed by atoms with van der Waals surface area (Å²) in [5.74, 6) is -1.19. The van der Waals surface area contributed by atoms with Crippen LogP contribution in [0.15, 0.2) is 66.7 Å². The lowest BCUT2D eigenvalue weighted by atomic mass is 9.99. The number of halogens is 1. The quantitative estimate of drug-likeness (QED) is 0.643. The van der Waals surface area contributed by atoms with Crippen molar-refractivity contribution in [3.05, 3.63) is 82.9 Å². The summed E-state index contributed by atoms with van der Waals surface area (Å²) >= 11 is 6.10. The zero-order valence-corrected chi connectivity index (χ0v) is 15.4. The predicted molar refractivity (Wildman–Crippen MR) is 107 cm³/mol. The van der Waals surface area contributed by atoms with Gasteiger partial charge in [0, 0.05) is 11.1 Å². The van der Waals surface area contributed by atoms with Gasteiger partial charge in [-0.3, -0.25) is 9.59 Å². The Morgan fingerprint density at radius 1 is 0.963 bits per heavy atom. The molecule has 4 nitrogen and oxygen atoms in total. The maximum atomic E-state index is 12.4. The van der Waals surface area contributed by atoms with Crippen LogP contribution in [0.1, 0.15) is 17.5 Å². The van der Waals surface area contributed by atoms with E-state index in [1.54, 1.807) is 18.2 Å². The monoisotopic (exact) mass is 381 g/mol. The van der Waals surface area contributed by atoms with Crippen LogP contribution in [0.25, 0.3) is 10.8 Å². The Bertz CT molecular complexity index is 970. The fourth-order valence-corrected chi connectivity index (χ4v) is 3.33. The minimum atomic E-state index is -0.946. The Balaban J connectivity index is 1.71. The largest absolute Gasteiger partial charge is 0.481 e. The molecule has 0 aliphatic rings. The average Bonchev–Trinajstić information content (AvgIpc) is 2.63. The van der Waals surface area contributed by atoms with Gasteiger partial charge in [-0.15, -0.1) is 0 Å². The molecule has 1 unspecified atom stereocenters. The van der Waals surface area contributed by atoms with Crippen LogP contribution in [-0.4, -0.2) is 23.0 Å². The summed E-state index contributed by atoms with van der Waals surface area (Å²) in [6, 6.07) is 20.6. The van der Waals surface area contributed by atoms with Crippen molar-refractivity contribution in [2.75, 3.05) is 0 Å². The van der Waals surface area contributed by atoms with Crippen molar-refractivity contribution in [3.8, 4) is 0 Å². The second-order valence-electron chi connectivity index (χ2n) is 6.52. The number of carboxylic acids is 1. The van der Waals surface area contributed by atoms with Gasteiger partial charge < -0.3 is 10.4 Å². The molecule has 0 heterocycles. The van der Waals surface area contributed by atoms with Crippen LogP contribution in [0.5, 0.6) is 0 Å². The smallest absolute Gasteiger partial charge is 0.305 e. The minimum Gasteiger partial charge on any atom is -0.481 e. The summed E-state index contributed by atoms with van der Waals surface area (Å²) < 4.78 is 0. The number of carbonyl (C=O) groups is 2. The average molecular weight is 382 g/mol. The van der Waals surface area contributed by atoms with Gasteiger partial charge in [-0.05, 0) is 34.4 Å². The lowest BCUT2D eigenvalue weighted by Crippen LogP contribution is -2.39. The van der Waals surface area contributed by atoms with Gasteiger partial charge in [-0.1, -0.05) is 72.3 Å². The summed E-state index contributed by atoms with van der Waals surface area (Å²) in [6.45, 7) is 0. The molecule has 0 fully saturated rings. The van der Waals surface area contributed by atoms with Crippen LogP contribution in [0.2, 0.25) is 5.02 Å². The topological polar surface area (TPSA) is 66.4 Å². The van der Waals surface area contributed by atoms with E-state index in [1.165, 1.54) is 0 Å². The van der Waals surface area contributed by atoms with E-state index in [4.69, 9.17) is 11.6 Å². The summed E-state index contributed by atoms with van der Waals surface area (Å²) in [4.78, 5) is 23.6. The van der Waals surface area contributed by atoms with Crippen LogP contribution in [0.3, 0.4) is 0 Å². The number of amides is 1. The number of carbonyl (C=O) groups excluding carboxylic acids is 1. The van der Waals surface area contributed by atoms with Gasteiger partial charge in [0.05, 0.1) is 12.8 Å². The summed E-state index contributed by atoms with van der Waals surface area (Å²) in [5.41, 5.74) is 1.70. The molecule has 5 heteroatoms. The van der Waals surface area contributed by atoms with E-state index in [1.807, 2.05) is 48.5 Å². The Morgan fingerprint density at radius 3 is 2.41 bits per heavy atom. The molecule has 0 aliphatic heterocycles. The van der Waals surface area contributed by atoms with Crippen molar-refractivity contribution in [1.82, 2.24) is 5.32 Å². The third-order valence-electron chi connectivity index (χ3n) is 4.39. The SMILES string of the molecule is O=C(O)CC(Cc1ccc2ccccc2c1)NC(=O)Cc1ccccc1Cl. The number of rotatable bonds is 7. The van der Waals surface area contributed by atoms with Gasteiger partial charge >= 0.3 is 5.97 Å². The molecule has 0 aliphatic carbocycles. The number of aliphatic carboxylic acids is 1. The third kappa shape index (κ3) is 5.31. The molecule has 0 saturated carbocycles. The lowest BCUT2D eigenvalue weighted by molar-refractivity contribution is -0.137. The van der Waals surface area contributed by atoms with Gasteiger partial charge in [-0.2, -0.15) is 0 Å². The lowest BCUT2D eigenvalue weighted by Gasteiger charge is -2.18. The van der Waals surface area contributed by atoms with E-state index in [0.717, 1.165) is 21.9 Å². The normalized spacial score (nSPS) is 11.9. The van der Waals surface area contributed by atoms with Gasteiger partial charge in [-0.25, -0.2) is 0 Å². The third-order valence-corrected chi connectivity index (χ3v) is 4.76. The summed E-state index contributed by atoms with van der Waals surface area (Å²) in [6.07, 6.45) is 0.431. The van der Waals surface area contributed by atoms with Crippen LogP contribution in [0, 0.1) is 0 Å². The fraction of sp³-hybridized carbons (Fsp3) is 0.182. The Labute approximate surface area is 162 Å². The number of hydrogen-bond donors (Lipinski definition) is 2. The molecule has 0 saturated heterocycles. The highest BCUT2D eigenvalue weighted by atomic mass is 35.5. The maximum Gasteiger partial charge on any atom is 0.305 e. The van der Waals surface area contributed by atoms with Crippen LogP contribution in [-0.2, 0) is 22.4 Å². The van der Waals surface area contributed by atoms with Gasteiger partial charge in [0.1, 0.15) is 0 Å². The second-order valence-corrected chi connectivity index (χ2v) is 6.92. The number of fused-ring (bicyclic) bond motifs is 1. The molecule has 0 aromatic heterocycles. The summed E-state index contributed by atoms with van der Waals surface area (Å²) in [5, 5.41) is 14.8. The highest BCUT2D eigenvalue weighted by Crippen LogP contribution is 2.18. The first-order valence-corrected chi connectivity index (χ1v) is 9.11. The van der Waals surface area contributed by atoms with E-state index >= 15 is 0 Å². The van der Waals surface area contributed by atoms with Gasteiger partial charge in [0.15, 0.2) is 0 Å². The molecule has 0 spiro atoms. The Hall–Kier alpha value is -2.85. The number of benzene rings is 3. The molecule has 1 atom stereocenters. The number of nitrogens with one attached hydrogen (secondary N) is 1. The molecule has 2 N–H and O–H groups in total. The molecule has 0 bridgehead atoms. The molecule has 3 aromatic rings. The van der Waals surface area contributed by atoms with Crippen LogP contribution >= 0.6 is 11.6 Å². The minimum absolute atomic E-state index is 0.119. The standard InChI is InChI=1S/C22H20ClNO3/c23-20-8-4-3-7-18(20)13-21(25)24-19(14-22(26)27)12-15-9-10-16-5-1-2-6-17(16)11-15/h1-11,19H,12-14H2,(H,24,25)(H,26,27). The molecule has 1 amide bonds. The van der Waals surface area contributed by atoms with Crippen LogP contribution < -0.4 is 5.32 Å². The molecule has 3 rings (SSSR count). The van der Waals surface area contributed by atoms with Crippen molar-refractivity contribution in [2.45, 2.75) is 25.3 Å². The number of hydrogen-bond acceptors (Lipinski definition) is 2. The molecule has 3 aromatic carbocycles. The Kier molecular flexibility index (Phi) is 6.09. The maximum absolute atomic E-state index is 12.4. The molecular weight excluding hydrogens is 362 g/mol. The van der Waals surface area contributed by atoms with Gasteiger partial charge in [0.2, 0.25) is 5.91 Å². The van der Waals surface area contributed by atoms with Crippen molar-refractivity contribution in [1.29, 1.82) is 0 Å². The van der Waals surface area contributed by atoms with Crippen molar-refractivity contribution in [2.24, 2.45) is 0 Å². The molecule has 0 radical (unpaired) electrons. The van der Waals surface area contributed by atoms with Crippen LogP contribution in [0.4, 0.5) is 0 Å². The fourth-order valence-electron chi connectivity index (χ4n) is 3.13. The van der Waals surface area contributed by atoms with E-state index in [2.05, 4.69) is 5.32 Å². The molecular formula is C22H20ClNO3. The first-order valence-electron chi connectivity index (χ1n) is 8.73. The molecule has 27 heavy (non-hydrogen) atoms. The summed E-state index contributed by atoms with van der Waals surface area (Å²) in [7, 11) is 0. The first-order chi connectivity index (χ1) is 13.0. The van der Waals surface area contributed by atoms with E-state index < -0.39 is 12.0 Å². The van der Waals surface area contributed by atoms with E-state index in [0.29, 0.717) is 11.4 Å². The highest BCUT2D eigenvalue weighted by molar-refractivity contribution is 6.31. The highest BCUT2D eigenvalue weighted by Gasteiger charge is 2.17. The second kappa shape index (κ2) is 8.69. The van der Waals surface area contributed by atoms with Crippen molar-refractivity contribution < 1.29 is 14.7 Å². The number of carboxylic acid groups (broad SMARTS) is 1.